The van der Waals surface area contributed by atoms with E-state index in [-0.39, 0.29) is 23.8 Å². The molecule has 0 saturated carbocycles. The lowest BCUT2D eigenvalue weighted by atomic mass is 10.1. The van der Waals surface area contributed by atoms with Crippen molar-refractivity contribution in [2.24, 2.45) is 5.92 Å². The second-order valence-electron chi connectivity index (χ2n) is 6.43. The number of hydrogen-bond donors (Lipinski definition) is 1. The molecule has 0 spiro atoms. The summed E-state index contributed by atoms with van der Waals surface area (Å²) in [5.41, 5.74) is 0.941. The van der Waals surface area contributed by atoms with Crippen molar-refractivity contribution in [3.8, 4) is 0 Å². The zero-order chi connectivity index (χ0) is 18.2. The number of nitrogens with one attached hydrogen (secondary N) is 1. The Morgan fingerprint density at radius 1 is 1.24 bits per heavy atom. The first kappa shape index (κ1) is 17.7. The molecule has 1 aromatic carbocycles. The first-order valence-corrected chi connectivity index (χ1v) is 9.82. The second kappa shape index (κ2) is 6.64. The Hall–Kier alpha value is -2.13. The lowest BCUT2D eigenvalue weighted by Gasteiger charge is -2.28. The minimum Gasteiger partial charge on any atom is -0.378 e. The fourth-order valence-electron chi connectivity index (χ4n) is 2.98. The lowest BCUT2D eigenvalue weighted by Crippen LogP contribution is -2.44. The molecule has 2 fully saturated rings. The number of carbonyl (C=O) groups is 2. The molecule has 0 aromatic heterocycles. The largest absolute Gasteiger partial charge is 0.378 e. The maximum Gasteiger partial charge on any atom is 0.253 e. The highest BCUT2D eigenvalue weighted by Crippen LogP contribution is 2.20. The predicted octanol–water partition coefficient (Wildman–Crippen LogP) is -0.331. The van der Waals surface area contributed by atoms with Gasteiger partial charge in [0.25, 0.3) is 5.91 Å². The highest BCUT2D eigenvalue weighted by molar-refractivity contribution is 7.92. The second-order valence-corrected chi connectivity index (χ2v) is 8.44. The van der Waals surface area contributed by atoms with Gasteiger partial charge in [-0.1, -0.05) is 0 Å². The summed E-state index contributed by atoms with van der Waals surface area (Å²) in [4.78, 5) is 26.5. The minimum atomic E-state index is -3.35. The van der Waals surface area contributed by atoms with Crippen LogP contribution in [0.1, 0.15) is 10.4 Å². The number of amides is 2. The van der Waals surface area contributed by atoms with Crippen LogP contribution in [0.5, 0.6) is 0 Å². The Morgan fingerprint density at radius 2 is 1.92 bits per heavy atom. The van der Waals surface area contributed by atoms with Crippen molar-refractivity contribution in [2.75, 3.05) is 43.9 Å². The van der Waals surface area contributed by atoms with Crippen LogP contribution in [-0.2, 0) is 19.6 Å². The zero-order valence-electron chi connectivity index (χ0n) is 14.1. The summed E-state index contributed by atoms with van der Waals surface area (Å²) in [6, 6.07) is 6.19. The van der Waals surface area contributed by atoms with E-state index in [0.717, 1.165) is 10.6 Å². The number of hydrogen-bond acceptors (Lipinski definition) is 5. The fraction of sp³-hybridized carbons (Fsp3) is 0.500. The van der Waals surface area contributed by atoms with Gasteiger partial charge in [0.15, 0.2) is 0 Å². The van der Waals surface area contributed by atoms with Crippen LogP contribution in [0.4, 0.5) is 5.69 Å². The molecule has 2 aliphatic rings. The van der Waals surface area contributed by atoms with Gasteiger partial charge in [-0.3, -0.25) is 13.9 Å². The molecule has 2 atom stereocenters. The molecule has 136 valence electrons. The van der Waals surface area contributed by atoms with E-state index in [1.807, 2.05) is 0 Å². The lowest BCUT2D eigenvalue weighted by molar-refractivity contribution is -0.125. The SMILES string of the molecule is CN(c1ccc(C(=O)N2C[C@H]3COC[C@@H](C2)C(=O)N3)cc1)S(C)(=O)=O. The van der Waals surface area contributed by atoms with E-state index in [1.165, 1.54) is 7.05 Å². The summed E-state index contributed by atoms with van der Waals surface area (Å²) in [7, 11) is -1.89. The van der Waals surface area contributed by atoms with Gasteiger partial charge in [-0.2, -0.15) is 0 Å². The molecular formula is C16H21N3O5S. The van der Waals surface area contributed by atoms with Gasteiger partial charge in [-0.25, -0.2) is 8.42 Å². The molecule has 2 aliphatic heterocycles. The minimum absolute atomic E-state index is 0.0806. The molecule has 2 bridgehead atoms. The van der Waals surface area contributed by atoms with Crippen LogP contribution in [0.2, 0.25) is 0 Å². The van der Waals surface area contributed by atoms with E-state index in [1.54, 1.807) is 29.2 Å². The molecule has 0 aliphatic carbocycles. The van der Waals surface area contributed by atoms with Crippen LogP contribution >= 0.6 is 0 Å². The van der Waals surface area contributed by atoms with Gasteiger partial charge >= 0.3 is 0 Å². The molecule has 3 rings (SSSR count). The van der Waals surface area contributed by atoms with Crippen molar-refractivity contribution < 1.29 is 22.7 Å². The number of rotatable bonds is 3. The number of anilines is 1. The van der Waals surface area contributed by atoms with Crippen molar-refractivity contribution in [3.63, 3.8) is 0 Å². The molecule has 0 unspecified atom stereocenters. The van der Waals surface area contributed by atoms with Gasteiger partial charge in [-0.15, -0.1) is 0 Å². The summed E-state index contributed by atoms with van der Waals surface area (Å²) >= 11 is 0. The molecule has 1 aromatic rings. The van der Waals surface area contributed by atoms with Gasteiger partial charge in [-0.05, 0) is 24.3 Å². The topological polar surface area (TPSA) is 96.0 Å². The van der Waals surface area contributed by atoms with Gasteiger partial charge < -0.3 is 15.0 Å². The third-order valence-corrected chi connectivity index (χ3v) is 5.71. The highest BCUT2D eigenvalue weighted by Gasteiger charge is 2.35. The van der Waals surface area contributed by atoms with Crippen LogP contribution in [0.15, 0.2) is 24.3 Å². The third-order valence-electron chi connectivity index (χ3n) is 4.50. The summed E-state index contributed by atoms with van der Waals surface area (Å²) < 4.78 is 29.8. The molecule has 0 radical (unpaired) electrons. The Balaban J connectivity index is 1.78. The number of fused-ring (bicyclic) bond motifs is 3. The van der Waals surface area contributed by atoms with Crippen LogP contribution in [-0.4, -0.2) is 70.8 Å². The molecule has 2 amide bonds. The first-order valence-electron chi connectivity index (χ1n) is 7.97. The highest BCUT2D eigenvalue weighted by atomic mass is 32.2. The van der Waals surface area contributed by atoms with E-state index in [4.69, 9.17) is 4.74 Å². The van der Waals surface area contributed by atoms with Crippen molar-refractivity contribution in [2.45, 2.75) is 6.04 Å². The van der Waals surface area contributed by atoms with Crippen LogP contribution in [0.25, 0.3) is 0 Å². The average Bonchev–Trinajstić information content (AvgIpc) is 2.81. The Morgan fingerprint density at radius 3 is 2.56 bits per heavy atom. The van der Waals surface area contributed by atoms with Crippen LogP contribution in [0, 0.1) is 5.92 Å². The van der Waals surface area contributed by atoms with Gasteiger partial charge in [0.2, 0.25) is 15.9 Å². The van der Waals surface area contributed by atoms with E-state index in [2.05, 4.69) is 5.32 Å². The number of carbonyl (C=O) groups excluding carboxylic acids is 2. The van der Waals surface area contributed by atoms with Gasteiger partial charge in [0.05, 0.1) is 37.1 Å². The van der Waals surface area contributed by atoms with E-state index in [0.29, 0.717) is 37.6 Å². The number of sulfonamides is 1. The first-order chi connectivity index (χ1) is 11.8. The quantitative estimate of drug-likeness (QED) is 0.789. The average molecular weight is 367 g/mol. The molecule has 2 heterocycles. The van der Waals surface area contributed by atoms with Crippen molar-refractivity contribution in [1.82, 2.24) is 10.2 Å². The third kappa shape index (κ3) is 3.77. The number of nitrogens with zero attached hydrogens (tertiary/aromatic N) is 2. The van der Waals surface area contributed by atoms with Crippen molar-refractivity contribution in [1.29, 1.82) is 0 Å². The maximum atomic E-state index is 12.8. The fourth-order valence-corrected chi connectivity index (χ4v) is 3.49. The number of benzene rings is 1. The normalized spacial score (nSPS) is 23.6. The number of ether oxygens (including phenoxy) is 1. The Labute approximate surface area is 146 Å². The Bertz CT molecular complexity index is 777. The monoisotopic (exact) mass is 367 g/mol. The van der Waals surface area contributed by atoms with Crippen molar-refractivity contribution in [3.05, 3.63) is 29.8 Å². The molecule has 25 heavy (non-hydrogen) atoms. The summed E-state index contributed by atoms with van der Waals surface area (Å²) in [5.74, 6) is -0.628. The zero-order valence-corrected chi connectivity index (χ0v) is 15.0. The van der Waals surface area contributed by atoms with Crippen LogP contribution < -0.4 is 9.62 Å². The molecule has 9 heteroatoms. The molecule has 2 saturated heterocycles. The van der Waals surface area contributed by atoms with E-state index in [9.17, 15) is 18.0 Å². The summed E-state index contributed by atoms with van der Waals surface area (Å²) in [6.07, 6.45) is 1.12. The molecule has 8 nitrogen and oxygen atoms in total. The van der Waals surface area contributed by atoms with Crippen molar-refractivity contribution >= 4 is 27.5 Å². The van der Waals surface area contributed by atoms with E-state index >= 15 is 0 Å². The smallest absolute Gasteiger partial charge is 0.253 e. The van der Waals surface area contributed by atoms with E-state index < -0.39 is 10.0 Å². The van der Waals surface area contributed by atoms with Gasteiger partial charge in [0.1, 0.15) is 0 Å². The molecule has 1 N–H and O–H groups in total. The standard InChI is InChI=1S/C16H21N3O5S/c1-18(25(2,22)23)14-5-3-11(4-6-14)16(21)19-7-12-9-24-10-13(8-19)17-15(12)20/h3-6,12-13H,7-10H2,1-2H3,(H,17,20)/t12-,13+/m1/s1. The molecular weight excluding hydrogens is 346 g/mol. The maximum absolute atomic E-state index is 12.8. The Kier molecular flexibility index (Phi) is 4.70. The summed E-state index contributed by atoms with van der Waals surface area (Å²) in [5, 5.41) is 2.89. The summed E-state index contributed by atoms with van der Waals surface area (Å²) in [6.45, 7) is 1.41. The van der Waals surface area contributed by atoms with Crippen LogP contribution in [0.3, 0.4) is 0 Å². The predicted molar refractivity (Wildman–Crippen MR) is 91.8 cm³/mol. The van der Waals surface area contributed by atoms with Gasteiger partial charge in [0, 0.05) is 25.7 Å².